The Morgan fingerprint density at radius 1 is 1.32 bits per heavy atom. The largest absolute Gasteiger partial charge is 0.293 e. The van der Waals surface area contributed by atoms with Crippen molar-refractivity contribution in [3.8, 4) is 6.07 Å². The van der Waals surface area contributed by atoms with E-state index >= 15 is 0 Å². The van der Waals surface area contributed by atoms with Crippen LogP contribution >= 0.6 is 0 Å². The van der Waals surface area contributed by atoms with E-state index in [-0.39, 0.29) is 16.8 Å². The van der Waals surface area contributed by atoms with Crippen LogP contribution in [0.15, 0.2) is 29.8 Å². The van der Waals surface area contributed by atoms with Crippen molar-refractivity contribution in [3.63, 3.8) is 0 Å². The summed E-state index contributed by atoms with van der Waals surface area (Å²) in [5, 5.41) is 9.17. The summed E-state index contributed by atoms with van der Waals surface area (Å²) in [5.41, 5.74) is 1.22. The molecule has 1 atom stereocenters. The summed E-state index contributed by atoms with van der Waals surface area (Å²) < 4.78 is 0. The molecular formula is C16H18N2O. The van der Waals surface area contributed by atoms with Gasteiger partial charge in [-0.25, -0.2) is 0 Å². The van der Waals surface area contributed by atoms with E-state index in [0.717, 1.165) is 11.4 Å². The fraction of sp³-hybridized carbons (Fsp3) is 0.438. The van der Waals surface area contributed by atoms with Gasteiger partial charge in [-0.15, -0.1) is 0 Å². The molecule has 3 heteroatoms. The molecule has 0 aromatic carbocycles. The summed E-state index contributed by atoms with van der Waals surface area (Å²) >= 11 is 0. The molecule has 0 radical (unpaired) electrons. The molecule has 1 aromatic rings. The normalized spacial score (nSPS) is 25.6. The first-order valence-corrected chi connectivity index (χ1v) is 6.40. The second-order valence-corrected chi connectivity index (χ2v) is 6.14. The van der Waals surface area contributed by atoms with E-state index in [4.69, 9.17) is 5.26 Å². The monoisotopic (exact) mass is 254 g/mol. The average molecular weight is 254 g/mol. The number of allylic oxidation sites excluding steroid dienone is 2. The molecule has 0 bridgehead atoms. The lowest BCUT2D eigenvalue weighted by atomic mass is 9.64. The van der Waals surface area contributed by atoms with Gasteiger partial charge in [0.1, 0.15) is 6.07 Å². The summed E-state index contributed by atoms with van der Waals surface area (Å²) in [7, 11) is 0. The third kappa shape index (κ3) is 2.31. The minimum Gasteiger partial charge on any atom is -0.293 e. The van der Waals surface area contributed by atoms with Crippen molar-refractivity contribution in [1.29, 1.82) is 5.26 Å². The van der Waals surface area contributed by atoms with Crippen molar-refractivity contribution in [2.24, 2.45) is 5.41 Å². The number of hydrogen-bond acceptors (Lipinski definition) is 3. The Labute approximate surface area is 114 Å². The third-order valence-electron chi connectivity index (χ3n) is 3.73. The van der Waals surface area contributed by atoms with Crippen molar-refractivity contribution < 1.29 is 4.79 Å². The molecule has 1 unspecified atom stereocenters. The number of aromatic nitrogens is 1. The standard InChI is InChI=1S/C16H18N2O/c1-11-6-5-7-13(18-11)16(4)8-12(9-17)14(19)15(2,3)10-16/h5-8H,10H2,1-4H3. The minimum atomic E-state index is -0.528. The zero-order chi connectivity index (χ0) is 14.3. The number of carbonyl (C=O) groups excluding carboxylic acids is 1. The topological polar surface area (TPSA) is 53.8 Å². The molecule has 1 heterocycles. The molecule has 1 aliphatic rings. The van der Waals surface area contributed by atoms with Crippen molar-refractivity contribution >= 4 is 5.78 Å². The highest BCUT2D eigenvalue weighted by molar-refractivity contribution is 6.04. The van der Waals surface area contributed by atoms with Gasteiger partial charge in [-0.3, -0.25) is 9.78 Å². The van der Waals surface area contributed by atoms with Gasteiger partial charge in [-0.1, -0.05) is 32.9 Å². The fourth-order valence-corrected chi connectivity index (χ4v) is 2.91. The zero-order valence-corrected chi connectivity index (χ0v) is 11.8. The number of Topliss-reactive ketones (excluding diaryl/α,β-unsaturated/α-hetero) is 1. The molecule has 98 valence electrons. The molecular weight excluding hydrogens is 236 g/mol. The van der Waals surface area contributed by atoms with Gasteiger partial charge in [0, 0.05) is 16.5 Å². The van der Waals surface area contributed by atoms with Gasteiger partial charge < -0.3 is 0 Å². The third-order valence-corrected chi connectivity index (χ3v) is 3.73. The fourth-order valence-electron chi connectivity index (χ4n) is 2.91. The predicted octanol–water partition coefficient (Wildman–Crippen LogP) is 3.10. The van der Waals surface area contributed by atoms with Crippen LogP contribution < -0.4 is 0 Å². The Kier molecular flexibility index (Phi) is 3.06. The maximum Gasteiger partial charge on any atom is 0.178 e. The molecule has 2 rings (SSSR count). The average Bonchev–Trinajstić information content (AvgIpc) is 2.33. The van der Waals surface area contributed by atoms with Crippen molar-refractivity contribution in [2.75, 3.05) is 0 Å². The van der Waals surface area contributed by atoms with Crippen LogP contribution in [-0.2, 0) is 10.2 Å². The molecule has 1 aromatic heterocycles. The SMILES string of the molecule is Cc1cccc(C2(C)C=C(C#N)C(=O)C(C)(C)C2)n1. The first kappa shape index (κ1) is 13.5. The van der Waals surface area contributed by atoms with Crippen LogP contribution in [0.1, 0.15) is 38.6 Å². The number of nitrogens with zero attached hydrogens (tertiary/aromatic N) is 2. The highest BCUT2D eigenvalue weighted by Gasteiger charge is 2.44. The number of rotatable bonds is 1. The second-order valence-electron chi connectivity index (χ2n) is 6.14. The number of nitriles is 1. The second kappa shape index (κ2) is 4.31. The van der Waals surface area contributed by atoms with Crippen LogP contribution in [-0.4, -0.2) is 10.8 Å². The Balaban J connectivity index is 2.58. The number of pyridine rings is 1. The predicted molar refractivity (Wildman–Crippen MR) is 73.4 cm³/mol. The quantitative estimate of drug-likeness (QED) is 0.773. The molecule has 19 heavy (non-hydrogen) atoms. The Bertz CT molecular complexity index is 607. The lowest BCUT2D eigenvalue weighted by molar-refractivity contribution is -0.124. The smallest absolute Gasteiger partial charge is 0.178 e. The lowest BCUT2D eigenvalue weighted by Crippen LogP contribution is -2.39. The summed E-state index contributed by atoms with van der Waals surface area (Å²) in [5.74, 6) is -0.0693. The summed E-state index contributed by atoms with van der Waals surface area (Å²) in [6.45, 7) is 7.78. The van der Waals surface area contributed by atoms with Crippen LogP contribution in [0.4, 0.5) is 0 Å². The summed E-state index contributed by atoms with van der Waals surface area (Å²) in [4.78, 5) is 16.7. The van der Waals surface area contributed by atoms with E-state index in [1.807, 2.05) is 52.0 Å². The molecule has 0 aliphatic heterocycles. The lowest BCUT2D eigenvalue weighted by Gasteiger charge is -2.38. The molecule has 0 spiro atoms. The number of ketones is 1. The van der Waals surface area contributed by atoms with E-state index in [1.54, 1.807) is 6.08 Å². The van der Waals surface area contributed by atoms with E-state index in [1.165, 1.54) is 0 Å². The van der Waals surface area contributed by atoms with Gasteiger partial charge >= 0.3 is 0 Å². The Morgan fingerprint density at radius 3 is 2.58 bits per heavy atom. The van der Waals surface area contributed by atoms with Crippen molar-refractivity contribution in [2.45, 2.75) is 39.5 Å². The molecule has 0 N–H and O–H groups in total. The Hall–Kier alpha value is -1.95. The van der Waals surface area contributed by atoms with E-state index < -0.39 is 5.41 Å². The molecule has 3 nitrogen and oxygen atoms in total. The summed E-state index contributed by atoms with van der Waals surface area (Å²) in [6.07, 6.45) is 2.45. The molecule has 0 fully saturated rings. The molecule has 1 aliphatic carbocycles. The highest BCUT2D eigenvalue weighted by atomic mass is 16.1. The molecule has 0 amide bonds. The maximum absolute atomic E-state index is 12.2. The van der Waals surface area contributed by atoms with Crippen LogP contribution in [0.5, 0.6) is 0 Å². The minimum absolute atomic E-state index is 0.0693. The first-order chi connectivity index (χ1) is 8.78. The van der Waals surface area contributed by atoms with E-state index in [2.05, 4.69) is 4.98 Å². The van der Waals surface area contributed by atoms with Crippen LogP contribution in [0.25, 0.3) is 0 Å². The zero-order valence-electron chi connectivity index (χ0n) is 11.8. The number of aryl methyl sites for hydroxylation is 1. The maximum atomic E-state index is 12.2. The first-order valence-electron chi connectivity index (χ1n) is 6.40. The van der Waals surface area contributed by atoms with Crippen molar-refractivity contribution in [3.05, 3.63) is 41.2 Å². The van der Waals surface area contributed by atoms with E-state index in [0.29, 0.717) is 6.42 Å². The highest BCUT2D eigenvalue weighted by Crippen LogP contribution is 2.43. The van der Waals surface area contributed by atoms with Crippen LogP contribution in [0.3, 0.4) is 0 Å². The summed E-state index contributed by atoms with van der Waals surface area (Å²) in [6, 6.07) is 7.91. The van der Waals surface area contributed by atoms with Crippen LogP contribution in [0.2, 0.25) is 0 Å². The number of hydrogen-bond donors (Lipinski definition) is 0. The van der Waals surface area contributed by atoms with Gasteiger partial charge in [0.2, 0.25) is 0 Å². The van der Waals surface area contributed by atoms with Gasteiger partial charge in [0.25, 0.3) is 0 Å². The number of carbonyl (C=O) groups is 1. The van der Waals surface area contributed by atoms with Crippen molar-refractivity contribution in [1.82, 2.24) is 4.98 Å². The van der Waals surface area contributed by atoms with Gasteiger partial charge in [-0.05, 0) is 25.5 Å². The van der Waals surface area contributed by atoms with Gasteiger partial charge in [0.05, 0.1) is 11.3 Å². The molecule has 0 saturated carbocycles. The van der Waals surface area contributed by atoms with Gasteiger partial charge in [-0.2, -0.15) is 5.26 Å². The van der Waals surface area contributed by atoms with Gasteiger partial charge in [0.15, 0.2) is 5.78 Å². The van der Waals surface area contributed by atoms with E-state index in [9.17, 15) is 4.79 Å². The van der Waals surface area contributed by atoms with Crippen LogP contribution in [0, 0.1) is 23.7 Å². The Morgan fingerprint density at radius 2 is 2.00 bits per heavy atom. The molecule has 0 saturated heterocycles.